The number of ether oxygens (including phenoxy) is 1. The molecule has 3 aromatic carbocycles. The summed E-state index contributed by atoms with van der Waals surface area (Å²) < 4.78 is 5.47. The highest BCUT2D eigenvalue weighted by atomic mass is 32.2. The van der Waals surface area contributed by atoms with E-state index in [1.807, 2.05) is 61.5 Å². The van der Waals surface area contributed by atoms with Crippen molar-refractivity contribution >= 4 is 57.5 Å². The summed E-state index contributed by atoms with van der Waals surface area (Å²) in [6.45, 7) is 7.85. The van der Waals surface area contributed by atoms with Crippen LogP contribution in [0.3, 0.4) is 0 Å². The molecule has 216 valence electrons. The number of amides is 1. The van der Waals surface area contributed by atoms with Gasteiger partial charge in [0.25, 0.3) is 5.91 Å². The minimum absolute atomic E-state index is 0.0373. The Balaban J connectivity index is 1.62. The van der Waals surface area contributed by atoms with E-state index in [1.165, 1.54) is 11.8 Å². The highest BCUT2D eigenvalue weighted by Gasteiger charge is 2.40. The van der Waals surface area contributed by atoms with Crippen LogP contribution >= 0.6 is 23.5 Å². The van der Waals surface area contributed by atoms with Gasteiger partial charge in [-0.05, 0) is 61.9 Å². The molecule has 0 saturated carbocycles. The normalized spacial score (nSPS) is 18.0. The lowest BCUT2D eigenvalue weighted by Gasteiger charge is -2.24. The number of carbonyl (C=O) groups excluding carboxylic acids is 2. The minimum atomic E-state index is -0.0950. The predicted octanol–water partition coefficient (Wildman–Crippen LogP) is 7.34. The van der Waals surface area contributed by atoms with E-state index >= 15 is 0 Å². The quantitative estimate of drug-likeness (QED) is 0.193. The van der Waals surface area contributed by atoms with Gasteiger partial charge in [-0.25, -0.2) is 4.99 Å². The van der Waals surface area contributed by atoms with Crippen molar-refractivity contribution < 1.29 is 14.3 Å². The number of hydrogen-bond acceptors (Lipinski definition) is 8. The Morgan fingerprint density at radius 1 is 0.976 bits per heavy atom. The van der Waals surface area contributed by atoms with Crippen molar-refractivity contribution in [3.05, 3.63) is 110 Å². The van der Waals surface area contributed by atoms with Gasteiger partial charge in [0.15, 0.2) is 11.0 Å². The van der Waals surface area contributed by atoms with Gasteiger partial charge < -0.3 is 15.0 Å². The SMILES string of the molecule is CCNc1ccc(C(C)=O)cc1N=C1S/C(=C2\SC(C)=C(c3ccccc3)N2CCOC)C(=O)N1Cc1ccccc1. The summed E-state index contributed by atoms with van der Waals surface area (Å²) in [5.74, 6) is -0.132. The molecular weight excluding hydrogens is 565 g/mol. The summed E-state index contributed by atoms with van der Waals surface area (Å²) in [7, 11) is 1.69. The van der Waals surface area contributed by atoms with E-state index in [0.717, 1.165) is 32.4 Å². The van der Waals surface area contributed by atoms with E-state index in [0.29, 0.717) is 47.6 Å². The van der Waals surface area contributed by atoms with Gasteiger partial charge in [-0.3, -0.25) is 14.5 Å². The molecule has 3 aromatic rings. The van der Waals surface area contributed by atoms with E-state index < -0.39 is 0 Å². The van der Waals surface area contributed by atoms with Crippen LogP contribution in [0.1, 0.15) is 42.3 Å². The summed E-state index contributed by atoms with van der Waals surface area (Å²) in [4.78, 5) is 37.2. The number of anilines is 1. The van der Waals surface area contributed by atoms with Crippen molar-refractivity contribution in [2.45, 2.75) is 27.3 Å². The Morgan fingerprint density at radius 3 is 2.36 bits per heavy atom. The largest absolute Gasteiger partial charge is 0.384 e. The maximum Gasteiger partial charge on any atom is 0.269 e. The highest BCUT2D eigenvalue weighted by molar-refractivity contribution is 8.19. The smallest absolute Gasteiger partial charge is 0.269 e. The third-order valence-electron chi connectivity index (χ3n) is 6.89. The lowest BCUT2D eigenvalue weighted by molar-refractivity contribution is -0.122. The first-order valence-corrected chi connectivity index (χ1v) is 15.5. The molecule has 7 nitrogen and oxygen atoms in total. The van der Waals surface area contributed by atoms with Crippen LogP contribution in [0, 0.1) is 0 Å². The molecule has 0 radical (unpaired) electrons. The number of rotatable bonds is 10. The molecule has 0 atom stereocenters. The number of methoxy groups -OCH3 is 1. The van der Waals surface area contributed by atoms with Gasteiger partial charge >= 0.3 is 0 Å². The van der Waals surface area contributed by atoms with Gasteiger partial charge in [-0.1, -0.05) is 72.4 Å². The maximum absolute atomic E-state index is 14.3. The van der Waals surface area contributed by atoms with Crippen LogP contribution in [0.4, 0.5) is 11.4 Å². The number of Topliss-reactive ketones (excluding diaryl/α,β-unsaturated/α-hetero) is 1. The summed E-state index contributed by atoms with van der Waals surface area (Å²) in [6.07, 6.45) is 0. The first-order valence-electron chi connectivity index (χ1n) is 13.9. The van der Waals surface area contributed by atoms with Gasteiger partial charge in [-0.2, -0.15) is 0 Å². The average Bonchev–Trinajstić information content (AvgIpc) is 3.48. The third-order valence-corrected chi connectivity index (χ3v) is 9.21. The van der Waals surface area contributed by atoms with Crippen LogP contribution in [0.15, 0.2) is 98.7 Å². The summed E-state index contributed by atoms with van der Waals surface area (Å²) >= 11 is 2.99. The van der Waals surface area contributed by atoms with Crippen LogP contribution in [-0.2, 0) is 16.1 Å². The molecule has 42 heavy (non-hydrogen) atoms. The number of nitrogens with zero attached hydrogens (tertiary/aromatic N) is 3. The second-order valence-corrected chi connectivity index (χ2v) is 12.0. The van der Waals surface area contributed by atoms with Crippen molar-refractivity contribution in [3.8, 4) is 0 Å². The van der Waals surface area contributed by atoms with Crippen molar-refractivity contribution in [1.29, 1.82) is 0 Å². The molecule has 9 heteroatoms. The fourth-order valence-electron chi connectivity index (χ4n) is 4.87. The van der Waals surface area contributed by atoms with E-state index in [9.17, 15) is 9.59 Å². The first-order chi connectivity index (χ1) is 20.4. The predicted molar refractivity (Wildman–Crippen MR) is 175 cm³/mol. The fraction of sp³-hybridized carbons (Fsp3) is 0.242. The summed E-state index contributed by atoms with van der Waals surface area (Å²) in [5.41, 5.74) is 5.18. The molecule has 2 aliphatic heterocycles. The van der Waals surface area contributed by atoms with Crippen LogP contribution in [0.5, 0.6) is 0 Å². The van der Waals surface area contributed by atoms with Gasteiger partial charge in [-0.15, -0.1) is 0 Å². The Labute approximate surface area is 255 Å². The maximum atomic E-state index is 14.3. The van der Waals surface area contributed by atoms with Crippen molar-refractivity contribution in [1.82, 2.24) is 9.80 Å². The fourth-order valence-corrected chi connectivity index (χ4v) is 7.19. The number of ketones is 1. The number of thioether (sulfide) groups is 2. The Morgan fingerprint density at radius 2 is 1.69 bits per heavy atom. The molecule has 5 rings (SSSR count). The topological polar surface area (TPSA) is 74.2 Å². The number of hydrogen-bond donors (Lipinski definition) is 1. The van der Waals surface area contributed by atoms with Crippen molar-refractivity contribution in [2.24, 2.45) is 4.99 Å². The van der Waals surface area contributed by atoms with E-state index in [-0.39, 0.29) is 11.7 Å². The Bertz CT molecular complexity index is 1570. The molecule has 0 unspecified atom stereocenters. The number of amidine groups is 1. The molecular formula is C33H34N4O3S2. The van der Waals surface area contributed by atoms with Crippen molar-refractivity contribution in [2.75, 3.05) is 32.1 Å². The third kappa shape index (κ3) is 6.33. The molecule has 2 heterocycles. The monoisotopic (exact) mass is 598 g/mol. The molecule has 0 bridgehead atoms. The number of nitrogens with one attached hydrogen (secondary N) is 1. The van der Waals surface area contributed by atoms with E-state index in [4.69, 9.17) is 9.73 Å². The number of aliphatic imine (C=N–C) groups is 1. The first kappa shape index (κ1) is 29.7. The molecule has 1 saturated heterocycles. The lowest BCUT2D eigenvalue weighted by atomic mass is 10.1. The molecule has 1 fully saturated rings. The zero-order valence-electron chi connectivity index (χ0n) is 24.2. The van der Waals surface area contributed by atoms with Crippen LogP contribution < -0.4 is 5.32 Å². The molecule has 0 aromatic heterocycles. The Hall–Kier alpha value is -3.79. The van der Waals surface area contributed by atoms with Crippen LogP contribution in [0.2, 0.25) is 0 Å². The van der Waals surface area contributed by atoms with Crippen LogP contribution in [0.25, 0.3) is 5.70 Å². The zero-order chi connectivity index (χ0) is 29.6. The van der Waals surface area contributed by atoms with E-state index in [1.54, 1.807) is 42.8 Å². The van der Waals surface area contributed by atoms with E-state index in [2.05, 4.69) is 29.3 Å². The van der Waals surface area contributed by atoms with Gasteiger partial charge in [0.2, 0.25) is 0 Å². The minimum Gasteiger partial charge on any atom is -0.384 e. The van der Waals surface area contributed by atoms with Gasteiger partial charge in [0, 0.05) is 30.7 Å². The molecule has 1 amide bonds. The number of benzene rings is 3. The van der Waals surface area contributed by atoms with Gasteiger partial charge in [0.1, 0.15) is 4.91 Å². The second kappa shape index (κ2) is 13.5. The standard InChI is InChI=1S/C33H34N4O3S2/c1-5-34-27-17-16-26(22(2)38)20-28(27)35-33-37(21-24-12-8-6-9-13-24)31(39)30(42-33)32-36(18-19-40-4)29(23(3)41-32)25-14-10-7-11-15-25/h6-17,20,34H,5,18-19,21H2,1-4H3/b32-30-,35-33?. The van der Waals surface area contributed by atoms with Crippen LogP contribution in [-0.4, -0.2) is 53.5 Å². The average molecular weight is 599 g/mol. The lowest BCUT2D eigenvalue weighted by Crippen LogP contribution is -2.29. The number of carbonyl (C=O) groups is 2. The molecule has 0 spiro atoms. The summed E-state index contributed by atoms with van der Waals surface area (Å²) in [5, 5.41) is 4.80. The molecule has 0 aliphatic carbocycles. The molecule has 2 aliphatic rings. The molecule has 1 N–H and O–H groups in total. The number of allylic oxidation sites excluding steroid dienone is 1. The zero-order valence-corrected chi connectivity index (χ0v) is 25.8. The highest BCUT2D eigenvalue weighted by Crippen LogP contribution is 2.50. The van der Waals surface area contributed by atoms with Crippen molar-refractivity contribution in [3.63, 3.8) is 0 Å². The Kier molecular flexibility index (Phi) is 9.51. The second-order valence-electron chi connectivity index (χ2n) is 9.84. The summed E-state index contributed by atoms with van der Waals surface area (Å²) in [6, 6.07) is 25.6. The van der Waals surface area contributed by atoms with Gasteiger partial charge in [0.05, 0.1) is 35.3 Å².